The smallest absolute Gasteiger partial charge is 0.321 e. The lowest BCUT2D eigenvalue weighted by Gasteiger charge is -2.08. The molecular weight excluding hydrogens is 305 g/mol. The van der Waals surface area contributed by atoms with Gasteiger partial charge in [-0.25, -0.2) is 4.98 Å². The number of halogens is 3. The molecule has 0 radical (unpaired) electrons. The number of hydrogen-bond acceptors (Lipinski definition) is 4. The first-order valence-electron chi connectivity index (χ1n) is 5.72. The monoisotopic (exact) mass is 314 g/mol. The van der Waals surface area contributed by atoms with Gasteiger partial charge in [-0.3, -0.25) is 9.59 Å². The lowest BCUT2D eigenvalue weighted by molar-refractivity contribution is -0.141. The maximum absolute atomic E-state index is 12.7. The number of aromatic nitrogens is 1. The van der Waals surface area contributed by atoms with Crippen LogP contribution in [0.2, 0.25) is 0 Å². The lowest BCUT2D eigenvalue weighted by Crippen LogP contribution is -2.17. The van der Waals surface area contributed by atoms with Crippen molar-refractivity contribution in [1.82, 2.24) is 4.98 Å². The first kappa shape index (κ1) is 15.2. The van der Waals surface area contributed by atoms with Gasteiger partial charge >= 0.3 is 6.18 Å². The minimum atomic E-state index is -4.69. The number of ketones is 1. The summed E-state index contributed by atoms with van der Waals surface area (Å²) in [6, 6.07) is 5.96. The van der Waals surface area contributed by atoms with E-state index in [0.29, 0.717) is 16.9 Å². The van der Waals surface area contributed by atoms with E-state index in [4.69, 9.17) is 0 Å². The molecule has 1 aromatic carbocycles. The second kappa shape index (κ2) is 5.65. The van der Waals surface area contributed by atoms with Crippen LogP contribution in [0.3, 0.4) is 0 Å². The average Bonchev–Trinajstić information content (AvgIpc) is 2.88. The van der Waals surface area contributed by atoms with Crippen molar-refractivity contribution in [3.63, 3.8) is 0 Å². The van der Waals surface area contributed by atoms with Gasteiger partial charge in [-0.1, -0.05) is 12.1 Å². The highest BCUT2D eigenvalue weighted by Gasteiger charge is 2.38. The maximum atomic E-state index is 12.7. The fourth-order valence-corrected chi connectivity index (χ4v) is 2.31. The predicted molar refractivity (Wildman–Crippen MR) is 71.5 cm³/mol. The van der Waals surface area contributed by atoms with E-state index in [1.54, 1.807) is 6.07 Å². The molecule has 0 atom stereocenters. The van der Waals surface area contributed by atoms with E-state index in [-0.39, 0.29) is 11.5 Å². The zero-order valence-corrected chi connectivity index (χ0v) is 11.5. The van der Waals surface area contributed by atoms with E-state index in [9.17, 15) is 22.8 Å². The van der Waals surface area contributed by atoms with Crippen molar-refractivity contribution in [3.05, 3.63) is 45.9 Å². The molecule has 1 amide bonds. The summed E-state index contributed by atoms with van der Waals surface area (Å²) in [6.45, 7) is 1.35. The molecule has 110 valence electrons. The summed E-state index contributed by atoms with van der Waals surface area (Å²) in [7, 11) is 0. The largest absolute Gasteiger partial charge is 0.434 e. The van der Waals surface area contributed by atoms with Crippen LogP contribution in [0.25, 0.3) is 0 Å². The molecule has 4 nitrogen and oxygen atoms in total. The quantitative estimate of drug-likeness (QED) is 0.880. The summed E-state index contributed by atoms with van der Waals surface area (Å²) in [5, 5.41) is 2.33. The summed E-state index contributed by atoms with van der Waals surface area (Å²) in [6.07, 6.45) is -4.69. The minimum Gasteiger partial charge on any atom is -0.321 e. The molecule has 0 aliphatic rings. The highest BCUT2D eigenvalue weighted by atomic mass is 32.1. The third-order valence-electron chi connectivity index (χ3n) is 2.57. The highest BCUT2D eigenvalue weighted by Crippen LogP contribution is 2.33. The number of nitrogens with one attached hydrogen (secondary N) is 1. The molecule has 1 N–H and O–H groups in total. The third kappa shape index (κ3) is 3.46. The Hall–Kier alpha value is -2.22. The first-order chi connectivity index (χ1) is 9.79. The van der Waals surface area contributed by atoms with Crippen LogP contribution < -0.4 is 5.32 Å². The molecule has 1 aromatic heterocycles. The Kier molecular flexibility index (Phi) is 4.08. The van der Waals surface area contributed by atoms with Crippen molar-refractivity contribution in [2.75, 3.05) is 5.32 Å². The van der Waals surface area contributed by atoms with Crippen LogP contribution in [-0.2, 0) is 6.18 Å². The maximum Gasteiger partial charge on any atom is 0.434 e. The molecule has 0 bridgehead atoms. The summed E-state index contributed by atoms with van der Waals surface area (Å²) >= 11 is 0.604. The van der Waals surface area contributed by atoms with Crippen molar-refractivity contribution in [2.45, 2.75) is 13.1 Å². The Bertz CT molecular complexity index is 695. The number of rotatable bonds is 3. The Morgan fingerprint density at radius 1 is 1.29 bits per heavy atom. The summed E-state index contributed by atoms with van der Waals surface area (Å²) < 4.78 is 38.0. The Labute approximate surface area is 121 Å². The Balaban J connectivity index is 2.25. The fourth-order valence-electron chi connectivity index (χ4n) is 1.61. The van der Waals surface area contributed by atoms with Gasteiger partial charge in [-0.15, -0.1) is 11.3 Å². The number of hydrogen-bond donors (Lipinski definition) is 1. The first-order valence-corrected chi connectivity index (χ1v) is 6.60. The van der Waals surface area contributed by atoms with Crippen LogP contribution in [0.5, 0.6) is 0 Å². The van der Waals surface area contributed by atoms with Crippen molar-refractivity contribution in [1.29, 1.82) is 0 Å². The molecule has 0 spiro atoms. The van der Waals surface area contributed by atoms with Gasteiger partial charge in [0.25, 0.3) is 5.91 Å². The second-order valence-electron chi connectivity index (χ2n) is 4.12. The van der Waals surface area contributed by atoms with Gasteiger partial charge < -0.3 is 5.32 Å². The van der Waals surface area contributed by atoms with Crippen LogP contribution >= 0.6 is 11.3 Å². The van der Waals surface area contributed by atoms with Gasteiger partial charge in [0.1, 0.15) is 4.88 Å². The molecule has 0 fully saturated rings. The van der Waals surface area contributed by atoms with Gasteiger partial charge in [0.05, 0.1) is 5.51 Å². The van der Waals surface area contributed by atoms with Crippen molar-refractivity contribution < 1.29 is 22.8 Å². The molecule has 0 unspecified atom stereocenters. The van der Waals surface area contributed by atoms with Crippen LogP contribution in [0, 0.1) is 0 Å². The van der Waals surface area contributed by atoms with E-state index >= 15 is 0 Å². The van der Waals surface area contributed by atoms with E-state index in [1.807, 2.05) is 0 Å². The zero-order chi connectivity index (χ0) is 15.6. The van der Waals surface area contributed by atoms with E-state index < -0.39 is 22.7 Å². The molecule has 2 aromatic rings. The van der Waals surface area contributed by atoms with Gasteiger partial charge in [0, 0.05) is 11.3 Å². The van der Waals surface area contributed by atoms with Crippen molar-refractivity contribution in [3.8, 4) is 0 Å². The van der Waals surface area contributed by atoms with Crippen molar-refractivity contribution in [2.24, 2.45) is 0 Å². The standard InChI is InChI=1S/C13H9F3N2O2S/c1-7(19)8-3-2-4-9(5-8)18-12(20)10-11(13(14,15)16)17-6-21-10/h2-6H,1H3,(H,18,20). The molecule has 1 heterocycles. The van der Waals surface area contributed by atoms with E-state index in [0.717, 1.165) is 5.51 Å². The fraction of sp³-hybridized carbons (Fsp3) is 0.154. The van der Waals surface area contributed by atoms with Gasteiger partial charge in [0.2, 0.25) is 0 Å². The summed E-state index contributed by atoms with van der Waals surface area (Å²) in [5.41, 5.74) is 0.346. The SMILES string of the molecule is CC(=O)c1cccc(NC(=O)c2scnc2C(F)(F)F)c1. The topological polar surface area (TPSA) is 59.1 Å². The number of carbonyl (C=O) groups is 2. The minimum absolute atomic E-state index is 0.208. The number of alkyl halides is 3. The van der Waals surface area contributed by atoms with Crippen LogP contribution in [0.4, 0.5) is 18.9 Å². The number of anilines is 1. The number of nitrogens with zero attached hydrogens (tertiary/aromatic N) is 1. The Morgan fingerprint density at radius 2 is 2.00 bits per heavy atom. The molecule has 0 aliphatic carbocycles. The third-order valence-corrected chi connectivity index (χ3v) is 3.39. The van der Waals surface area contributed by atoms with E-state index in [1.165, 1.54) is 25.1 Å². The molecule has 2 rings (SSSR count). The zero-order valence-electron chi connectivity index (χ0n) is 10.7. The molecule has 8 heteroatoms. The molecule has 0 aliphatic heterocycles. The molecule has 0 saturated heterocycles. The predicted octanol–water partition coefficient (Wildman–Crippen LogP) is 3.62. The second-order valence-corrected chi connectivity index (χ2v) is 4.97. The van der Waals surface area contributed by atoms with Gasteiger partial charge in [0.15, 0.2) is 11.5 Å². The summed E-state index contributed by atoms with van der Waals surface area (Å²) in [4.78, 5) is 25.8. The Morgan fingerprint density at radius 3 is 2.62 bits per heavy atom. The van der Waals surface area contributed by atoms with Crippen LogP contribution in [-0.4, -0.2) is 16.7 Å². The molecule has 21 heavy (non-hydrogen) atoms. The number of carbonyl (C=O) groups excluding carboxylic acids is 2. The molecule has 0 saturated carbocycles. The normalized spacial score (nSPS) is 11.2. The number of Topliss-reactive ketones (excluding diaryl/α,β-unsaturated/α-hetero) is 1. The lowest BCUT2D eigenvalue weighted by atomic mass is 10.1. The summed E-state index contributed by atoms with van der Waals surface area (Å²) in [5.74, 6) is -1.12. The van der Waals surface area contributed by atoms with Gasteiger partial charge in [-0.2, -0.15) is 13.2 Å². The van der Waals surface area contributed by atoms with Crippen LogP contribution in [0.1, 0.15) is 32.6 Å². The number of thiazole rings is 1. The average molecular weight is 314 g/mol. The number of benzene rings is 1. The van der Waals surface area contributed by atoms with Crippen LogP contribution in [0.15, 0.2) is 29.8 Å². The highest BCUT2D eigenvalue weighted by molar-refractivity contribution is 7.12. The number of amides is 1. The van der Waals surface area contributed by atoms with E-state index in [2.05, 4.69) is 10.3 Å². The van der Waals surface area contributed by atoms with Gasteiger partial charge in [-0.05, 0) is 19.1 Å². The molecular formula is C13H9F3N2O2S. The van der Waals surface area contributed by atoms with Crippen molar-refractivity contribution >= 4 is 28.7 Å².